The van der Waals surface area contributed by atoms with Crippen LogP contribution in [0.3, 0.4) is 0 Å². The highest BCUT2D eigenvalue weighted by molar-refractivity contribution is 5.80. The highest BCUT2D eigenvalue weighted by Gasteiger charge is 2.38. The molecule has 3 unspecified atom stereocenters. The number of piperidine rings is 1. The predicted octanol–water partition coefficient (Wildman–Crippen LogP) is 2.67. The molecule has 1 heterocycles. The van der Waals surface area contributed by atoms with E-state index in [4.69, 9.17) is 5.73 Å². The third kappa shape index (κ3) is 4.37. The Morgan fingerprint density at radius 3 is 2.79 bits per heavy atom. The fraction of sp³-hybridized carbons (Fsp3) is 0.650. The van der Waals surface area contributed by atoms with Crippen molar-refractivity contribution in [1.29, 1.82) is 0 Å². The Bertz CT molecular complexity index is 543. The number of hydrogen-bond donors (Lipinski definition) is 2. The summed E-state index contributed by atoms with van der Waals surface area (Å²) in [5, 5.41) is 3.30. The Hall–Kier alpha value is -1.39. The lowest BCUT2D eigenvalue weighted by Crippen LogP contribution is -2.56. The third-order valence-corrected chi connectivity index (χ3v) is 5.67. The molecular formula is C20H31N3O. The summed E-state index contributed by atoms with van der Waals surface area (Å²) in [6.07, 6.45) is 6.36. The van der Waals surface area contributed by atoms with E-state index >= 15 is 0 Å². The van der Waals surface area contributed by atoms with Gasteiger partial charge in [0.2, 0.25) is 5.91 Å². The molecule has 1 aliphatic heterocycles. The zero-order valence-electron chi connectivity index (χ0n) is 14.8. The van der Waals surface area contributed by atoms with Crippen LogP contribution in [0.4, 0.5) is 0 Å². The Morgan fingerprint density at radius 2 is 2.04 bits per heavy atom. The number of likely N-dealkylation sites (tertiary alicyclic amines) is 1. The number of nitrogens with zero attached hydrogens (tertiary/aromatic N) is 1. The fourth-order valence-electron chi connectivity index (χ4n) is 4.25. The van der Waals surface area contributed by atoms with E-state index in [0.29, 0.717) is 0 Å². The van der Waals surface area contributed by atoms with Gasteiger partial charge in [0, 0.05) is 24.7 Å². The van der Waals surface area contributed by atoms with Crippen LogP contribution < -0.4 is 11.1 Å². The SMILES string of the molecule is CC1(N)CCCCC1C(=O)NC1CCCN(Cc2ccccc2)C1. The molecule has 0 aromatic heterocycles. The smallest absolute Gasteiger partial charge is 0.225 e. The average molecular weight is 329 g/mol. The molecule has 1 aromatic rings. The van der Waals surface area contributed by atoms with E-state index in [-0.39, 0.29) is 23.4 Å². The van der Waals surface area contributed by atoms with E-state index in [9.17, 15) is 4.79 Å². The Balaban J connectivity index is 1.54. The van der Waals surface area contributed by atoms with Gasteiger partial charge in [0.15, 0.2) is 0 Å². The minimum Gasteiger partial charge on any atom is -0.352 e. The van der Waals surface area contributed by atoms with Crippen molar-refractivity contribution in [3.05, 3.63) is 35.9 Å². The summed E-state index contributed by atoms with van der Waals surface area (Å²) in [5.41, 5.74) is 7.38. The van der Waals surface area contributed by atoms with E-state index in [1.165, 1.54) is 5.56 Å². The van der Waals surface area contributed by atoms with Gasteiger partial charge in [-0.3, -0.25) is 9.69 Å². The molecule has 0 radical (unpaired) electrons. The van der Waals surface area contributed by atoms with Crippen molar-refractivity contribution in [2.45, 2.75) is 63.6 Å². The lowest BCUT2D eigenvalue weighted by Gasteiger charge is -2.39. The molecule has 0 spiro atoms. The van der Waals surface area contributed by atoms with Crippen LogP contribution in [0.25, 0.3) is 0 Å². The second-order valence-corrected chi connectivity index (χ2v) is 7.87. The molecule has 132 valence electrons. The molecule has 2 aliphatic rings. The van der Waals surface area contributed by atoms with Crippen LogP contribution in [0, 0.1) is 5.92 Å². The zero-order valence-corrected chi connectivity index (χ0v) is 14.8. The summed E-state index contributed by atoms with van der Waals surface area (Å²) >= 11 is 0. The number of nitrogens with two attached hydrogens (primary N) is 1. The molecule has 0 bridgehead atoms. The van der Waals surface area contributed by atoms with Crippen molar-refractivity contribution in [2.75, 3.05) is 13.1 Å². The number of benzene rings is 1. The second-order valence-electron chi connectivity index (χ2n) is 7.87. The molecule has 2 fully saturated rings. The summed E-state index contributed by atoms with van der Waals surface area (Å²) in [5.74, 6) is 0.141. The van der Waals surface area contributed by atoms with Crippen LogP contribution in [0.15, 0.2) is 30.3 Å². The van der Waals surface area contributed by atoms with Crippen molar-refractivity contribution in [2.24, 2.45) is 11.7 Å². The summed E-state index contributed by atoms with van der Waals surface area (Å²) in [6, 6.07) is 10.8. The molecule has 1 amide bonds. The van der Waals surface area contributed by atoms with Crippen LogP contribution in [-0.4, -0.2) is 35.5 Å². The highest BCUT2D eigenvalue weighted by Crippen LogP contribution is 2.32. The maximum absolute atomic E-state index is 12.7. The number of carbonyl (C=O) groups is 1. The molecule has 24 heavy (non-hydrogen) atoms. The Morgan fingerprint density at radius 1 is 1.25 bits per heavy atom. The predicted molar refractivity (Wildman–Crippen MR) is 97.4 cm³/mol. The number of rotatable bonds is 4. The van der Waals surface area contributed by atoms with Crippen LogP contribution in [0.1, 0.15) is 51.0 Å². The van der Waals surface area contributed by atoms with Crippen molar-refractivity contribution < 1.29 is 4.79 Å². The third-order valence-electron chi connectivity index (χ3n) is 5.67. The number of carbonyl (C=O) groups excluding carboxylic acids is 1. The van der Waals surface area contributed by atoms with Crippen LogP contribution in [0.5, 0.6) is 0 Å². The van der Waals surface area contributed by atoms with Gasteiger partial charge < -0.3 is 11.1 Å². The van der Waals surface area contributed by atoms with Crippen molar-refractivity contribution >= 4 is 5.91 Å². The fourth-order valence-corrected chi connectivity index (χ4v) is 4.25. The first-order valence-electron chi connectivity index (χ1n) is 9.40. The van der Waals surface area contributed by atoms with E-state index in [0.717, 1.165) is 58.2 Å². The molecule has 3 rings (SSSR count). The van der Waals surface area contributed by atoms with Gasteiger partial charge in [-0.25, -0.2) is 0 Å². The average Bonchev–Trinajstić information content (AvgIpc) is 2.55. The molecular weight excluding hydrogens is 298 g/mol. The molecule has 1 saturated heterocycles. The van der Waals surface area contributed by atoms with Gasteiger partial charge in [-0.2, -0.15) is 0 Å². The quantitative estimate of drug-likeness (QED) is 0.893. The Labute approximate surface area is 145 Å². The van der Waals surface area contributed by atoms with Gasteiger partial charge in [-0.05, 0) is 44.7 Å². The molecule has 3 N–H and O–H groups in total. The minimum absolute atomic E-state index is 0.0317. The molecule has 3 atom stereocenters. The zero-order chi connectivity index (χ0) is 17.0. The van der Waals surface area contributed by atoms with Crippen LogP contribution in [-0.2, 0) is 11.3 Å². The second kappa shape index (κ2) is 7.66. The van der Waals surface area contributed by atoms with E-state index in [2.05, 4.69) is 40.5 Å². The van der Waals surface area contributed by atoms with Crippen molar-refractivity contribution in [3.63, 3.8) is 0 Å². The van der Waals surface area contributed by atoms with Crippen molar-refractivity contribution in [1.82, 2.24) is 10.2 Å². The summed E-state index contributed by atoms with van der Waals surface area (Å²) in [4.78, 5) is 15.2. The normalized spacial score (nSPS) is 31.6. The van der Waals surface area contributed by atoms with E-state index < -0.39 is 0 Å². The van der Waals surface area contributed by atoms with Gasteiger partial charge in [0.25, 0.3) is 0 Å². The molecule has 4 nitrogen and oxygen atoms in total. The maximum Gasteiger partial charge on any atom is 0.225 e. The van der Waals surface area contributed by atoms with Crippen LogP contribution >= 0.6 is 0 Å². The number of hydrogen-bond acceptors (Lipinski definition) is 3. The number of amides is 1. The first kappa shape index (κ1) is 17.4. The first-order chi connectivity index (χ1) is 11.5. The molecule has 1 aliphatic carbocycles. The summed E-state index contributed by atoms with van der Waals surface area (Å²) in [6.45, 7) is 5.05. The highest BCUT2D eigenvalue weighted by atomic mass is 16.2. The largest absolute Gasteiger partial charge is 0.352 e. The van der Waals surface area contributed by atoms with Gasteiger partial charge >= 0.3 is 0 Å². The van der Waals surface area contributed by atoms with E-state index in [1.54, 1.807) is 0 Å². The van der Waals surface area contributed by atoms with Gasteiger partial charge in [0.1, 0.15) is 0 Å². The Kier molecular flexibility index (Phi) is 5.57. The molecule has 1 saturated carbocycles. The van der Waals surface area contributed by atoms with Crippen molar-refractivity contribution in [3.8, 4) is 0 Å². The van der Waals surface area contributed by atoms with Gasteiger partial charge in [-0.15, -0.1) is 0 Å². The van der Waals surface area contributed by atoms with Crippen LogP contribution in [0.2, 0.25) is 0 Å². The molecule has 4 heteroatoms. The standard InChI is InChI=1S/C20H31N3O/c1-20(21)12-6-5-11-18(20)19(24)22-17-10-7-13-23(15-17)14-16-8-3-2-4-9-16/h2-4,8-9,17-18H,5-7,10-15,21H2,1H3,(H,22,24). The first-order valence-corrected chi connectivity index (χ1v) is 9.40. The van der Waals surface area contributed by atoms with Gasteiger partial charge in [0.05, 0.1) is 5.92 Å². The minimum atomic E-state index is -0.347. The monoisotopic (exact) mass is 329 g/mol. The van der Waals surface area contributed by atoms with E-state index in [1.807, 2.05) is 6.92 Å². The topological polar surface area (TPSA) is 58.4 Å². The van der Waals surface area contributed by atoms with Gasteiger partial charge in [-0.1, -0.05) is 43.2 Å². The lowest BCUT2D eigenvalue weighted by atomic mass is 9.74. The number of nitrogens with one attached hydrogen (secondary N) is 1. The summed E-state index contributed by atoms with van der Waals surface area (Å²) in [7, 11) is 0. The summed E-state index contributed by atoms with van der Waals surface area (Å²) < 4.78 is 0. The molecule has 1 aromatic carbocycles. The maximum atomic E-state index is 12.7. The lowest BCUT2D eigenvalue weighted by molar-refractivity contribution is -0.129.